The first kappa shape index (κ1) is 13.3. The molecule has 1 aliphatic rings. The number of rotatable bonds is 3. The summed E-state index contributed by atoms with van der Waals surface area (Å²) in [7, 11) is 0. The number of nitrogen functional groups attached to an aromatic ring is 1. The maximum Gasteiger partial charge on any atom is 0.164 e. The van der Waals surface area contributed by atoms with Crippen LogP contribution in [0.4, 0.5) is 5.82 Å². The predicted molar refractivity (Wildman–Crippen MR) is 84.3 cm³/mol. The summed E-state index contributed by atoms with van der Waals surface area (Å²) in [6, 6.07) is 0. The number of nitrogens with one attached hydrogen (secondary N) is 1. The zero-order chi connectivity index (χ0) is 14.7. The minimum absolute atomic E-state index is 0.477. The Balaban J connectivity index is 1.86. The molecule has 2 aromatic rings. The molecule has 3 rings (SSSR count). The van der Waals surface area contributed by atoms with Crippen molar-refractivity contribution >= 4 is 16.9 Å². The average molecular weight is 279 g/mol. The molecule has 106 valence electrons. The lowest BCUT2D eigenvalue weighted by molar-refractivity contribution is 0.820. The van der Waals surface area contributed by atoms with E-state index in [0.29, 0.717) is 18.0 Å². The van der Waals surface area contributed by atoms with E-state index >= 15 is 0 Å². The second-order valence-corrected chi connectivity index (χ2v) is 4.90. The van der Waals surface area contributed by atoms with E-state index in [1.54, 1.807) is 0 Å². The van der Waals surface area contributed by atoms with E-state index in [2.05, 4.69) is 38.5 Å². The van der Waals surface area contributed by atoms with Gasteiger partial charge in [-0.15, -0.1) is 0 Å². The Morgan fingerprint density at radius 1 is 1.24 bits per heavy atom. The highest BCUT2D eigenvalue weighted by molar-refractivity contribution is 5.88. The van der Waals surface area contributed by atoms with E-state index in [-0.39, 0.29) is 0 Å². The lowest BCUT2D eigenvalue weighted by Gasteiger charge is -2.11. The Bertz CT molecular complexity index is 759. The number of nitrogens with zero attached hydrogens (tertiary/aromatic N) is 3. The molecule has 2 heterocycles. The first-order valence-electron chi connectivity index (χ1n) is 6.87. The fraction of sp³-hybridized carbons (Fsp3) is 0.188. The summed E-state index contributed by atoms with van der Waals surface area (Å²) in [6.07, 6.45) is 14.6. The minimum atomic E-state index is 0.477. The van der Waals surface area contributed by atoms with Crippen molar-refractivity contribution in [3.8, 4) is 0 Å². The summed E-state index contributed by atoms with van der Waals surface area (Å²) in [4.78, 5) is 12.6. The van der Waals surface area contributed by atoms with Crippen molar-refractivity contribution in [3.05, 3.63) is 59.7 Å². The van der Waals surface area contributed by atoms with Crippen LogP contribution < -0.4 is 11.1 Å². The van der Waals surface area contributed by atoms with Crippen LogP contribution in [0.3, 0.4) is 0 Å². The zero-order valence-corrected chi connectivity index (χ0v) is 11.9. The van der Waals surface area contributed by atoms with Crippen LogP contribution in [-0.4, -0.2) is 15.0 Å². The third-order valence-electron chi connectivity index (χ3n) is 3.54. The van der Waals surface area contributed by atoms with E-state index in [1.807, 2.05) is 25.3 Å². The van der Waals surface area contributed by atoms with Gasteiger partial charge in [0.15, 0.2) is 5.65 Å². The fourth-order valence-electron chi connectivity index (χ4n) is 2.33. The van der Waals surface area contributed by atoms with Gasteiger partial charge >= 0.3 is 0 Å². The Morgan fingerprint density at radius 2 is 2.14 bits per heavy atom. The van der Waals surface area contributed by atoms with Gasteiger partial charge in [0, 0.05) is 18.4 Å². The molecule has 3 N–H and O–H groups in total. The van der Waals surface area contributed by atoms with Crippen LogP contribution in [0.15, 0.2) is 48.6 Å². The summed E-state index contributed by atoms with van der Waals surface area (Å²) >= 11 is 0. The van der Waals surface area contributed by atoms with Crippen LogP contribution >= 0.6 is 0 Å². The smallest absolute Gasteiger partial charge is 0.164 e. The van der Waals surface area contributed by atoms with E-state index in [0.717, 1.165) is 28.6 Å². The van der Waals surface area contributed by atoms with Gasteiger partial charge in [0.05, 0.1) is 5.39 Å². The Hall–Kier alpha value is -2.69. The summed E-state index contributed by atoms with van der Waals surface area (Å²) < 4.78 is 0. The van der Waals surface area contributed by atoms with Gasteiger partial charge in [0.1, 0.15) is 12.1 Å². The van der Waals surface area contributed by atoms with Crippen LogP contribution in [0.2, 0.25) is 0 Å². The highest BCUT2D eigenvalue weighted by Gasteiger charge is 2.09. The molecule has 0 radical (unpaired) electrons. The molecule has 0 saturated heterocycles. The molecule has 0 spiro atoms. The number of hydrogen-bond acceptors (Lipinski definition) is 5. The molecule has 0 aliphatic heterocycles. The van der Waals surface area contributed by atoms with Gasteiger partial charge in [-0.2, -0.15) is 0 Å². The van der Waals surface area contributed by atoms with Crippen LogP contribution in [0.1, 0.15) is 17.5 Å². The van der Waals surface area contributed by atoms with E-state index in [9.17, 15) is 0 Å². The molecular weight excluding hydrogens is 262 g/mol. The average Bonchev–Trinajstić information content (AvgIpc) is 2.75. The number of allylic oxidation sites excluding steroid dienone is 5. The maximum atomic E-state index is 5.94. The number of anilines is 1. The van der Waals surface area contributed by atoms with Gasteiger partial charge in [-0.3, -0.25) is 0 Å². The van der Waals surface area contributed by atoms with Crippen LogP contribution in [-0.2, 0) is 6.54 Å². The monoisotopic (exact) mass is 279 g/mol. The van der Waals surface area contributed by atoms with Gasteiger partial charge in [-0.05, 0) is 30.5 Å². The van der Waals surface area contributed by atoms with Crippen molar-refractivity contribution in [2.24, 2.45) is 0 Å². The molecular formula is C16H17N5. The van der Waals surface area contributed by atoms with Crippen LogP contribution in [0.25, 0.3) is 11.0 Å². The number of aromatic nitrogens is 3. The van der Waals surface area contributed by atoms with Gasteiger partial charge in [0.25, 0.3) is 0 Å². The molecule has 0 amide bonds. The van der Waals surface area contributed by atoms with Crippen molar-refractivity contribution in [1.29, 1.82) is 0 Å². The fourth-order valence-corrected chi connectivity index (χ4v) is 2.33. The molecule has 5 heteroatoms. The highest BCUT2D eigenvalue weighted by Crippen LogP contribution is 2.22. The van der Waals surface area contributed by atoms with Gasteiger partial charge in [-0.25, -0.2) is 15.0 Å². The predicted octanol–water partition coefficient (Wildman–Crippen LogP) is 2.41. The topological polar surface area (TPSA) is 76.7 Å². The second kappa shape index (κ2) is 5.75. The molecule has 0 unspecified atom stereocenters. The largest absolute Gasteiger partial charge is 0.383 e. The Kier molecular flexibility index (Phi) is 3.64. The Morgan fingerprint density at radius 3 is 3.05 bits per heavy atom. The lowest BCUT2D eigenvalue weighted by atomic mass is 10.1. The SMILES string of the molecule is Cc1c(CNC2=CCC=CC=C2)cnc2ncnc(N)c12. The molecule has 21 heavy (non-hydrogen) atoms. The molecule has 0 atom stereocenters. The lowest BCUT2D eigenvalue weighted by Crippen LogP contribution is -2.13. The minimum Gasteiger partial charge on any atom is -0.383 e. The van der Waals surface area contributed by atoms with Crippen molar-refractivity contribution in [3.63, 3.8) is 0 Å². The summed E-state index contributed by atoms with van der Waals surface area (Å²) in [6.45, 7) is 2.72. The highest BCUT2D eigenvalue weighted by atomic mass is 15.0. The number of aryl methyl sites for hydroxylation is 1. The molecule has 0 fully saturated rings. The first-order chi connectivity index (χ1) is 10.3. The number of hydrogen-bond donors (Lipinski definition) is 2. The van der Waals surface area contributed by atoms with Gasteiger partial charge < -0.3 is 11.1 Å². The van der Waals surface area contributed by atoms with Crippen LogP contribution in [0, 0.1) is 6.92 Å². The number of fused-ring (bicyclic) bond motifs is 1. The number of pyridine rings is 1. The van der Waals surface area contributed by atoms with E-state index in [4.69, 9.17) is 5.73 Å². The third kappa shape index (κ3) is 2.76. The van der Waals surface area contributed by atoms with Gasteiger partial charge in [-0.1, -0.05) is 24.3 Å². The van der Waals surface area contributed by atoms with Crippen molar-refractivity contribution < 1.29 is 0 Å². The normalized spacial score (nSPS) is 14.0. The maximum absolute atomic E-state index is 5.94. The Labute approximate surface area is 123 Å². The second-order valence-electron chi connectivity index (χ2n) is 4.90. The quantitative estimate of drug-likeness (QED) is 0.902. The number of nitrogens with two attached hydrogens (primary N) is 1. The molecule has 0 saturated carbocycles. The van der Waals surface area contributed by atoms with E-state index in [1.165, 1.54) is 6.33 Å². The molecule has 0 aromatic carbocycles. The van der Waals surface area contributed by atoms with Crippen molar-refractivity contribution in [2.45, 2.75) is 19.9 Å². The van der Waals surface area contributed by atoms with Gasteiger partial charge in [0.2, 0.25) is 0 Å². The summed E-state index contributed by atoms with van der Waals surface area (Å²) in [5.41, 5.74) is 9.86. The van der Waals surface area contributed by atoms with Crippen LogP contribution in [0.5, 0.6) is 0 Å². The summed E-state index contributed by atoms with van der Waals surface area (Å²) in [5.74, 6) is 0.477. The molecule has 1 aliphatic carbocycles. The molecule has 5 nitrogen and oxygen atoms in total. The molecule has 0 bridgehead atoms. The van der Waals surface area contributed by atoms with E-state index < -0.39 is 0 Å². The standard InChI is InChI=1S/C16H17N5/c1-11-12(8-18-13-6-4-2-3-5-7-13)9-19-16-14(11)15(17)20-10-21-16/h2-4,6-7,9-10,18H,5,8H2,1H3,(H2,17,19,20,21). The summed E-state index contributed by atoms with van der Waals surface area (Å²) in [5, 5.41) is 4.25. The van der Waals surface area contributed by atoms with Crippen molar-refractivity contribution in [2.75, 3.05) is 5.73 Å². The first-order valence-corrected chi connectivity index (χ1v) is 6.87. The van der Waals surface area contributed by atoms with Crippen molar-refractivity contribution in [1.82, 2.24) is 20.3 Å². The third-order valence-corrected chi connectivity index (χ3v) is 3.54. The zero-order valence-electron chi connectivity index (χ0n) is 11.9. The molecule has 2 aromatic heterocycles.